The molecule has 0 unspecified atom stereocenters. The second-order valence-electron chi connectivity index (χ2n) is 4.52. The number of hydrogen-bond donors (Lipinski definition) is 1. The monoisotopic (exact) mass is 270 g/mol. The summed E-state index contributed by atoms with van der Waals surface area (Å²) in [6.07, 6.45) is -0.696. The molecule has 1 amide bonds. The van der Waals surface area contributed by atoms with Crippen LogP contribution in [0.3, 0.4) is 0 Å². The summed E-state index contributed by atoms with van der Waals surface area (Å²) in [5, 5.41) is 10.6. The van der Waals surface area contributed by atoms with Gasteiger partial charge in [-0.1, -0.05) is 29.8 Å². The Morgan fingerprint density at radius 1 is 1.33 bits per heavy atom. The maximum Gasteiger partial charge on any atom is 0.236 e. The molecule has 0 saturated heterocycles. The zero-order valence-electron chi connectivity index (χ0n) is 10.9. The fourth-order valence-electron chi connectivity index (χ4n) is 1.58. The van der Waals surface area contributed by atoms with Gasteiger partial charge < -0.3 is 10.0 Å². The lowest BCUT2D eigenvalue weighted by atomic mass is 10.1. The normalized spacial score (nSPS) is 12.6. The summed E-state index contributed by atoms with van der Waals surface area (Å²) in [5.74, 6) is 0.00357. The van der Waals surface area contributed by atoms with E-state index < -0.39 is 6.10 Å². The summed E-state index contributed by atoms with van der Waals surface area (Å²) in [5.41, 5.74) is 0.684. The predicted molar refractivity (Wildman–Crippen MR) is 72.6 cm³/mol. The first-order valence-electron chi connectivity index (χ1n) is 5.73. The summed E-state index contributed by atoms with van der Waals surface area (Å²) in [4.78, 5) is 14.8. The van der Waals surface area contributed by atoms with E-state index in [4.69, 9.17) is 11.6 Å². The van der Waals surface area contributed by atoms with Gasteiger partial charge in [-0.3, -0.25) is 9.69 Å². The quantitative estimate of drug-likeness (QED) is 0.879. The van der Waals surface area contributed by atoms with Crippen molar-refractivity contribution in [1.29, 1.82) is 0 Å². The van der Waals surface area contributed by atoms with Crippen molar-refractivity contribution in [3.63, 3.8) is 0 Å². The Bertz CT molecular complexity index is 410. The van der Waals surface area contributed by atoms with Gasteiger partial charge in [0.2, 0.25) is 5.91 Å². The van der Waals surface area contributed by atoms with E-state index in [9.17, 15) is 9.90 Å². The molecule has 0 aromatic heterocycles. The minimum absolute atomic E-state index is 0.00357. The van der Waals surface area contributed by atoms with Gasteiger partial charge in [-0.25, -0.2) is 0 Å². The molecule has 0 spiro atoms. The van der Waals surface area contributed by atoms with Crippen molar-refractivity contribution in [2.45, 2.75) is 6.10 Å². The van der Waals surface area contributed by atoms with E-state index in [-0.39, 0.29) is 12.5 Å². The van der Waals surface area contributed by atoms with E-state index in [2.05, 4.69) is 0 Å². The van der Waals surface area contributed by atoms with Crippen molar-refractivity contribution >= 4 is 17.5 Å². The Labute approximate surface area is 113 Å². The molecule has 18 heavy (non-hydrogen) atoms. The first kappa shape index (κ1) is 15.0. The molecular formula is C13H19ClN2O2. The number of rotatable bonds is 5. The number of amides is 1. The van der Waals surface area contributed by atoms with Crippen LogP contribution in [0.25, 0.3) is 0 Å². The Morgan fingerprint density at radius 2 is 1.94 bits per heavy atom. The van der Waals surface area contributed by atoms with E-state index in [0.29, 0.717) is 17.1 Å². The number of carbonyl (C=O) groups excluding carboxylic acids is 1. The molecule has 5 heteroatoms. The number of carbonyl (C=O) groups is 1. The van der Waals surface area contributed by atoms with Gasteiger partial charge >= 0.3 is 0 Å². The van der Waals surface area contributed by atoms with Crippen LogP contribution in [0.4, 0.5) is 0 Å². The largest absolute Gasteiger partial charge is 0.387 e. The number of likely N-dealkylation sites (N-methyl/N-ethyl adjacent to an activating group) is 2. The highest BCUT2D eigenvalue weighted by atomic mass is 35.5. The lowest BCUT2D eigenvalue weighted by molar-refractivity contribution is -0.129. The van der Waals surface area contributed by atoms with Crippen LogP contribution in [-0.4, -0.2) is 55.0 Å². The molecule has 4 nitrogen and oxygen atoms in total. The second kappa shape index (κ2) is 6.73. The van der Waals surface area contributed by atoms with Crippen LogP contribution in [-0.2, 0) is 4.79 Å². The molecule has 0 radical (unpaired) electrons. The van der Waals surface area contributed by atoms with Crippen LogP contribution < -0.4 is 0 Å². The molecule has 0 heterocycles. The second-order valence-corrected chi connectivity index (χ2v) is 4.93. The average Bonchev–Trinajstić information content (AvgIpc) is 2.28. The number of hydrogen-bond acceptors (Lipinski definition) is 3. The molecule has 0 aliphatic carbocycles. The maximum absolute atomic E-state index is 11.5. The molecule has 0 aliphatic rings. The highest BCUT2D eigenvalue weighted by Crippen LogP contribution is 2.22. The molecule has 1 aromatic carbocycles. The van der Waals surface area contributed by atoms with Gasteiger partial charge in [-0.05, 0) is 13.1 Å². The zero-order chi connectivity index (χ0) is 13.7. The topological polar surface area (TPSA) is 43.8 Å². The van der Waals surface area contributed by atoms with Crippen molar-refractivity contribution in [3.8, 4) is 0 Å². The van der Waals surface area contributed by atoms with Gasteiger partial charge in [0, 0.05) is 31.2 Å². The van der Waals surface area contributed by atoms with Crippen molar-refractivity contribution < 1.29 is 9.90 Å². The zero-order valence-corrected chi connectivity index (χ0v) is 11.7. The predicted octanol–water partition coefficient (Wildman–Crippen LogP) is 1.39. The standard InChI is InChI=1S/C13H19ClN2O2/c1-15(2)13(18)9-16(3)8-12(17)10-6-4-5-7-11(10)14/h4-7,12,17H,8-9H2,1-3H3/t12-/m1/s1. The fraction of sp³-hybridized carbons (Fsp3) is 0.462. The van der Waals surface area contributed by atoms with Crippen LogP contribution in [0, 0.1) is 0 Å². The third-order valence-corrected chi connectivity index (χ3v) is 3.00. The first-order chi connectivity index (χ1) is 8.41. The van der Waals surface area contributed by atoms with Crippen LogP contribution in [0.15, 0.2) is 24.3 Å². The van der Waals surface area contributed by atoms with E-state index in [1.165, 1.54) is 4.90 Å². The van der Waals surface area contributed by atoms with Gasteiger partial charge in [-0.2, -0.15) is 0 Å². The third-order valence-electron chi connectivity index (χ3n) is 2.65. The van der Waals surface area contributed by atoms with Crippen molar-refractivity contribution in [1.82, 2.24) is 9.80 Å². The fourth-order valence-corrected chi connectivity index (χ4v) is 1.84. The van der Waals surface area contributed by atoms with Gasteiger partial charge in [0.05, 0.1) is 12.6 Å². The number of aliphatic hydroxyl groups is 1. The Hall–Kier alpha value is -1.10. The Kier molecular flexibility index (Phi) is 5.59. The summed E-state index contributed by atoms with van der Waals surface area (Å²) in [7, 11) is 5.21. The molecule has 1 atom stereocenters. The molecule has 0 aliphatic heterocycles. The SMILES string of the molecule is CN(CC(=O)N(C)C)C[C@@H](O)c1ccccc1Cl. The smallest absolute Gasteiger partial charge is 0.236 e. The van der Waals surface area contributed by atoms with Crippen LogP contribution in [0.2, 0.25) is 5.02 Å². The van der Waals surface area contributed by atoms with Gasteiger partial charge in [0.1, 0.15) is 0 Å². The minimum Gasteiger partial charge on any atom is -0.387 e. The van der Waals surface area contributed by atoms with Crippen molar-refractivity contribution in [3.05, 3.63) is 34.9 Å². The first-order valence-corrected chi connectivity index (χ1v) is 6.10. The number of halogens is 1. The Morgan fingerprint density at radius 3 is 2.50 bits per heavy atom. The van der Waals surface area contributed by atoms with Crippen LogP contribution in [0.5, 0.6) is 0 Å². The van der Waals surface area contributed by atoms with Gasteiger partial charge in [-0.15, -0.1) is 0 Å². The molecule has 0 saturated carbocycles. The molecule has 100 valence electrons. The van der Waals surface area contributed by atoms with E-state index in [1.807, 2.05) is 12.1 Å². The van der Waals surface area contributed by atoms with E-state index >= 15 is 0 Å². The molecule has 1 rings (SSSR count). The van der Waals surface area contributed by atoms with E-state index in [1.54, 1.807) is 38.2 Å². The van der Waals surface area contributed by atoms with Gasteiger partial charge in [0.25, 0.3) is 0 Å². The number of aliphatic hydroxyl groups excluding tert-OH is 1. The molecule has 0 fully saturated rings. The van der Waals surface area contributed by atoms with Gasteiger partial charge in [0.15, 0.2) is 0 Å². The summed E-state index contributed by atoms with van der Waals surface area (Å²) >= 11 is 6.01. The van der Waals surface area contributed by atoms with Crippen molar-refractivity contribution in [2.24, 2.45) is 0 Å². The molecule has 1 aromatic rings. The number of nitrogens with zero attached hydrogens (tertiary/aromatic N) is 2. The summed E-state index contributed by atoms with van der Waals surface area (Å²) in [6.45, 7) is 0.637. The lowest BCUT2D eigenvalue weighted by Gasteiger charge is -2.22. The summed E-state index contributed by atoms with van der Waals surface area (Å²) < 4.78 is 0. The average molecular weight is 271 g/mol. The van der Waals surface area contributed by atoms with Crippen LogP contribution >= 0.6 is 11.6 Å². The number of benzene rings is 1. The minimum atomic E-state index is -0.696. The highest BCUT2D eigenvalue weighted by molar-refractivity contribution is 6.31. The molecule has 0 bridgehead atoms. The third kappa shape index (κ3) is 4.29. The van der Waals surface area contributed by atoms with E-state index in [0.717, 1.165) is 0 Å². The highest BCUT2D eigenvalue weighted by Gasteiger charge is 2.15. The van der Waals surface area contributed by atoms with Crippen LogP contribution in [0.1, 0.15) is 11.7 Å². The maximum atomic E-state index is 11.5. The van der Waals surface area contributed by atoms with Crippen molar-refractivity contribution in [2.75, 3.05) is 34.2 Å². The Balaban J connectivity index is 2.57. The molecule has 1 N–H and O–H groups in total. The lowest BCUT2D eigenvalue weighted by Crippen LogP contribution is -2.36. The molecular weight excluding hydrogens is 252 g/mol. The summed E-state index contributed by atoms with van der Waals surface area (Å²) in [6, 6.07) is 7.17.